The highest BCUT2D eigenvalue weighted by molar-refractivity contribution is 6.37. The largest absolute Gasteiger partial charge is 0.466 e. The molecule has 4 atom stereocenters. The molecule has 4 unspecified atom stereocenters. The van der Waals surface area contributed by atoms with Gasteiger partial charge in [0.25, 0.3) is 11.7 Å². The summed E-state index contributed by atoms with van der Waals surface area (Å²) in [5.41, 5.74) is 5.27. The van der Waals surface area contributed by atoms with Crippen molar-refractivity contribution in [3.8, 4) is 0 Å². The summed E-state index contributed by atoms with van der Waals surface area (Å²) in [6, 6.07) is 0.755. The Morgan fingerprint density at radius 1 is 0.939 bits per heavy atom. The zero-order valence-electron chi connectivity index (χ0n) is 29.6. The molecular formula is C35H56N6O8. The molecule has 0 spiro atoms. The van der Waals surface area contributed by atoms with Crippen LogP contribution in [0.25, 0.3) is 0 Å². The summed E-state index contributed by atoms with van der Waals surface area (Å²) in [6.45, 7) is 10.3. The van der Waals surface area contributed by atoms with Crippen molar-refractivity contribution in [2.45, 2.75) is 123 Å². The summed E-state index contributed by atoms with van der Waals surface area (Å²) < 4.78 is 10.2. The van der Waals surface area contributed by atoms with E-state index in [4.69, 9.17) is 14.9 Å². The molecule has 4 rings (SSSR count). The molecule has 2 heterocycles. The number of urea groups is 1. The van der Waals surface area contributed by atoms with Crippen LogP contribution in [0.3, 0.4) is 0 Å². The number of carbonyl (C=O) groups excluding carboxylic acids is 6. The number of likely N-dealkylation sites (tertiary alicyclic amines) is 1. The van der Waals surface area contributed by atoms with E-state index in [9.17, 15) is 28.8 Å². The molecule has 2 saturated carbocycles. The highest BCUT2D eigenvalue weighted by Crippen LogP contribution is 2.33. The lowest BCUT2D eigenvalue weighted by molar-refractivity contribution is -0.144. The van der Waals surface area contributed by atoms with Crippen LogP contribution in [0.2, 0.25) is 0 Å². The van der Waals surface area contributed by atoms with Crippen LogP contribution in [-0.4, -0.2) is 77.8 Å². The predicted molar refractivity (Wildman–Crippen MR) is 181 cm³/mol. The number of hydrogen-bond donors (Lipinski definition) is 5. The Labute approximate surface area is 289 Å². The molecule has 2 aliphatic carbocycles. The number of esters is 1. The maximum Gasteiger partial charge on any atom is 0.325 e. The Kier molecular flexibility index (Phi) is 15.6. The van der Waals surface area contributed by atoms with Crippen LogP contribution in [0, 0.1) is 23.7 Å². The van der Waals surface area contributed by atoms with Crippen molar-refractivity contribution in [3.05, 3.63) is 24.2 Å². The third kappa shape index (κ3) is 12.5. The molecule has 1 aromatic rings. The molecule has 274 valence electrons. The lowest BCUT2D eigenvalue weighted by Crippen LogP contribution is -2.62. The van der Waals surface area contributed by atoms with Gasteiger partial charge in [-0.25, -0.2) is 4.79 Å². The molecular weight excluding hydrogens is 632 g/mol. The van der Waals surface area contributed by atoms with E-state index in [1.165, 1.54) is 11.2 Å². The first kappa shape index (κ1) is 39.5. The first-order valence-electron chi connectivity index (χ1n) is 17.7. The Morgan fingerprint density at radius 3 is 2.16 bits per heavy atom. The molecule has 14 nitrogen and oxygen atoms in total. The maximum absolute atomic E-state index is 14.2. The van der Waals surface area contributed by atoms with Crippen molar-refractivity contribution in [1.29, 1.82) is 0 Å². The second-order valence-electron chi connectivity index (χ2n) is 14.4. The number of primary amides is 1. The molecule has 5 amide bonds. The first-order valence-corrected chi connectivity index (χ1v) is 17.7. The van der Waals surface area contributed by atoms with Crippen LogP contribution in [-0.2, 0) is 35.3 Å². The van der Waals surface area contributed by atoms with E-state index in [1.54, 1.807) is 12.1 Å². The Hall–Kier alpha value is -3.94. The van der Waals surface area contributed by atoms with E-state index < -0.39 is 60.3 Å². The highest BCUT2D eigenvalue weighted by Gasteiger charge is 2.45. The number of nitrogens with one attached hydrogen (secondary N) is 4. The van der Waals surface area contributed by atoms with Gasteiger partial charge < -0.3 is 35.7 Å². The number of ketones is 1. The van der Waals surface area contributed by atoms with Gasteiger partial charge in [0.05, 0.1) is 6.26 Å². The van der Waals surface area contributed by atoms with E-state index in [1.807, 2.05) is 13.8 Å². The summed E-state index contributed by atoms with van der Waals surface area (Å²) in [7, 11) is 0. The standard InChI is InChI=1S/C31H46N6O8.C4H10/c1-18(2)20-14-23(29(41)36-28(26(39)27(32)40)34-21-10-6-11-21)37(16-20)30(42)25(19-8-4-3-5-9-19)35-31(43)33-15-24(38)45-17-22-12-7-13-44-22;1-4(2)3/h7,12-13,18-21,23,25,28,34H,3-6,8-11,14-17H2,1-2H3,(H2,32,40)(H,36,41)(H2,33,35,43);4H,1-3H3. The van der Waals surface area contributed by atoms with Gasteiger partial charge in [0.2, 0.25) is 11.8 Å². The van der Waals surface area contributed by atoms with E-state index in [2.05, 4.69) is 42.0 Å². The fraction of sp³-hybridized carbons (Fsp3) is 0.714. The predicted octanol–water partition coefficient (Wildman–Crippen LogP) is 2.75. The first-order chi connectivity index (χ1) is 23.3. The molecule has 1 aliphatic heterocycles. The Balaban J connectivity index is 0.00000154. The van der Waals surface area contributed by atoms with Crippen molar-refractivity contribution in [2.75, 3.05) is 13.1 Å². The van der Waals surface area contributed by atoms with Crippen LogP contribution in [0.1, 0.15) is 98.2 Å². The molecule has 0 radical (unpaired) electrons. The van der Waals surface area contributed by atoms with Crippen molar-refractivity contribution in [2.24, 2.45) is 29.4 Å². The van der Waals surface area contributed by atoms with E-state index in [0.717, 1.165) is 57.3 Å². The number of rotatable bonds is 14. The number of nitrogens with two attached hydrogens (primary N) is 1. The zero-order chi connectivity index (χ0) is 36.1. The number of furan rings is 1. The maximum atomic E-state index is 14.2. The minimum atomic E-state index is -1.29. The molecule has 3 aliphatic rings. The molecule has 0 bridgehead atoms. The zero-order valence-corrected chi connectivity index (χ0v) is 29.6. The van der Waals surface area contributed by atoms with Gasteiger partial charge in [-0.15, -0.1) is 0 Å². The monoisotopic (exact) mass is 688 g/mol. The summed E-state index contributed by atoms with van der Waals surface area (Å²) in [5, 5.41) is 10.9. The number of nitrogens with zero attached hydrogens (tertiary/aromatic N) is 1. The average Bonchev–Trinajstić information content (AvgIpc) is 3.73. The number of carbonyl (C=O) groups is 6. The molecule has 1 saturated heterocycles. The molecule has 49 heavy (non-hydrogen) atoms. The fourth-order valence-electron chi connectivity index (χ4n) is 6.19. The third-order valence-corrected chi connectivity index (χ3v) is 9.18. The second kappa shape index (κ2) is 19.3. The SMILES string of the molecule is CC(C)C.CC(C)C1CC(C(=O)NC(NC2CCC2)C(=O)C(N)=O)N(C(=O)C(NC(=O)NCC(=O)OCc2ccco2)C2CCCCC2)C1. The van der Waals surface area contributed by atoms with E-state index in [-0.39, 0.29) is 30.4 Å². The normalized spacial score (nSPS) is 20.8. The molecule has 6 N–H and O–H groups in total. The molecule has 1 aromatic heterocycles. The Morgan fingerprint density at radius 2 is 1.61 bits per heavy atom. The Bertz CT molecular complexity index is 1260. The van der Waals surface area contributed by atoms with Crippen LogP contribution in [0.4, 0.5) is 4.79 Å². The fourth-order valence-corrected chi connectivity index (χ4v) is 6.19. The van der Waals surface area contributed by atoms with Crippen molar-refractivity contribution >= 4 is 35.5 Å². The minimum Gasteiger partial charge on any atom is -0.466 e. The number of Topliss-reactive ketones (excluding diaryl/α,β-unsaturated/α-hetero) is 1. The van der Waals surface area contributed by atoms with Gasteiger partial charge in [-0.05, 0) is 67.9 Å². The lowest BCUT2D eigenvalue weighted by atomic mass is 9.83. The number of hydrogen-bond acceptors (Lipinski definition) is 9. The van der Waals surface area contributed by atoms with Crippen LogP contribution in [0.5, 0.6) is 0 Å². The van der Waals surface area contributed by atoms with Crippen LogP contribution in [0.15, 0.2) is 22.8 Å². The van der Waals surface area contributed by atoms with E-state index in [0.29, 0.717) is 18.7 Å². The molecule has 3 fully saturated rings. The van der Waals surface area contributed by atoms with Crippen molar-refractivity contribution in [3.63, 3.8) is 0 Å². The van der Waals surface area contributed by atoms with Crippen molar-refractivity contribution < 1.29 is 37.9 Å². The summed E-state index contributed by atoms with van der Waals surface area (Å²) >= 11 is 0. The lowest BCUT2D eigenvalue weighted by Gasteiger charge is -2.35. The topological polar surface area (TPSA) is 202 Å². The van der Waals surface area contributed by atoms with Gasteiger partial charge in [-0.3, -0.25) is 29.3 Å². The quantitative estimate of drug-likeness (QED) is 0.111. The average molecular weight is 689 g/mol. The molecule has 0 aromatic carbocycles. The minimum absolute atomic E-state index is 0.000604. The highest BCUT2D eigenvalue weighted by atomic mass is 16.5. The summed E-state index contributed by atoms with van der Waals surface area (Å²) in [4.78, 5) is 78.9. The van der Waals surface area contributed by atoms with Gasteiger partial charge in [0.15, 0.2) is 0 Å². The van der Waals surface area contributed by atoms with Crippen molar-refractivity contribution in [1.82, 2.24) is 26.2 Å². The molecule has 14 heteroatoms. The van der Waals surface area contributed by atoms with Gasteiger partial charge in [-0.1, -0.05) is 60.3 Å². The van der Waals surface area contributed by atoms with Gasteiger partial charge in [0.1, 0.15) is 37.2 Å². The van der Waals surface area contributed by atoms with Gasteiger partial charge >= 0.3 is 12.0 Å². The van der Waals surface area contributed by atoms with Crippen LogP contribution < -0.4 is 27.0 Å². The second-order valence-corrected chi connectivity index (χ2v) is 14.4. The summed E-state index contributed by atoms with van der Waals surface area (Å²) in [6.07, 6.45) is 7.39. The van der Waals surface area contributed by atoms with Crippen LogP contribution >= 0.6 is 0 Å². The van der Waals surface area contributed by atoms with Gasteiger partial charge in [0, 0.05) is 12.6 Å². The number of ether oxygens (including phenoxy) is 1. The van der Waals surface area contributed by atoms with E-state index >= 15 is 0 Å². The smallest absolute Gasteiger partial charge is 0.325 e. The van der Waals surface area contributed by atoms with Gasteiger partial charge in [-0.2, -0.15) is 0 Å². The summed E-state index contributed by atoms with van der Waals surface area (Å²) in [5.74, 6) is -2.46. The number of amides is 5. The third-order valence-electron chi connectivity index (χ3n) is 9.18.